The molecule has 0 saturated carbocycles. The molecule has 0 fully saturated rings. The summed E-state index contributed by atoms with van der Waals surface area (Å²) in [4.78, 5) is 0. The van der Waals surface area contributed by atoms with E-state index in [1.807, 2.05) is 17.9 Å². The fourth-order valence-electron chi connectivity index (χ4n) is 1.99. The first-order valence-electron chi connectivity index (χ1n) is 5.84. The Morgan fingerprint density at radius 2 is 2.00 bits per heavy atom. The van der Waals surface area contributed by atoms with Crippen molar-refractivity contribution in [2.75, 3.05) is 0 Å². The van der Waals surface area contributed by atoms with Crippen LogP contribution in [0.3, 0.4) is 0 Å². The van der Waals surface area contributed by atoms with E-state index in [4.69, 9.17) is 5.73 Å². The van der Waals surface area contributed by atoms with E-state index in [9.17, 15) is 0 Å². The van der Waals surface area contributed by atoms with Crippen LogP contribution in [0.25, 0.3) is 0 Å². The van der Waals surface area contributed by atoms with Gasteiger partial charge in [-0.2, -0.15) is 5.10 Å². The molecule has 1 unspecified atom stereocenters. The average Bonchev–Trinajstić information content (AvgIpc) is 2.56. The van der Waals surface area contributed by atoms with Crippen LogP contribution in [0.5, 0.6) is 0 Å². The van der Waals surface area contributed by atoms with E-state index in [2.05, 4.69) is 25.9 Å². The van der Waals surface area contributed by atoms with Crippen LogP contribution in [0.2, 0.25) is 0 Å². The molecule has 86 valence electrons. The molecule has 0 bridgehead atoms. The maximum absolute atomic E-state index is 6.21. The number of rotatable bonds is 5. The fourth-order valence-corrected chi connectivity index (χ4v) is 1.99. The van der Waals surface area contributed by atoms with Crippen molar-refractivity contribution in [2.24, 2.45) is 18.7 Å². The Balaban J connectivity index is 2.68. The molecule has 0 saturated heterocycles. The largest absolute Gasteiger partial charge is 0.324 e. The number of aromatic nitrogens is 2. The molecule has 3 heteroatoms. The Labute approximate surface area is 92.7 Å². The van der Waals surface area contributed by atoms with Crippen molar-refractivity contribution in [2.45, 2.75) is 46.1 Å². The van der Waals surface area contributed by atoms with E-state index in [1.165, 1.54) is 24.1 Å². The van der Waals surface area contributed by atoms with E-state index >= 15 is 0 Å². The topological polar surface area (TPSA) is 43.8 Å². The van der Waals surface area contributed by atoms with Crippen LogP contribution in [0.1, 0.15) is 50.4 Å². The highest BCUT2D eigenvalue weighted by atomic mass is 15.3. The second kappa shape index (κ2) is 5.31. The summed E-state index contributed by atoms with van der Waals surface area (Å²) in [5.74, 6) is 0.736. The van der Waals surface area contributed by atoms with Crippen molar-refractivity contribution in [3.05, 3.63) is 17.5 Å². The molecule has 0 radical (unpaired) electrons. The van der Waals surface area contributed by atoms with Crippen LogP contribution in [0.15, 0.2) is 6.20 Å². The van der Waals surface area contributed by atoms with Crippen LogP contribution in [0.4, 0.5) is 0 Å². The standard InChI is InChI=1S/C12H23N3/c1-5-10(6-2)7-12(13)11-8-14-15(4)9(11)3/h8,10,12H,5-7,13H2,1-4H3. The lowest BCUT2D eigenvalue weighted by molar-refractivity contribution is 0.414. The molecule has 0 aliphatic heterocycles. The van der Waals surface area contributed by atoms with Crippen molar-refractivity contribution in [3.63, 3.8) is 0 Å². The predicted molar refractivity (Wildman–Crippen MR) is 63.6 cm³/mol. The van der Waals surface area contributed by atoms with Crippen molar-refractivity contribution in [1.29, 1.82) is 0 Å². The summed E-state index contributed by atoms with van der Waals surface area (Å²) >= 11 is 0. The van der Waals surface area contributed by atoms with Crippen LogP contribution < -0.4 is 5.73 Å². The molecule has 2 N–H and O–H groups in total. The highest BCUT2D eigenvalue weighted by Gasteiger charge is 2.16. The van der Waals surface area contributed by atoms with Crippen LogP contribution >= 0.6 is 0 Å². The fraction of sp³-hybridized carbons (Fsp3) is 0.750. The summed E-state index contributed by atoms with van der Waals surface area (Å²) in [6, 6.07) is 0.142. The lowest BCUT2D eigenvalue weighted by atomic mass is 9.92. The minimum absolute atomic E-state index is 0.142. The summed E-state index contributed by atoms with van der Waals surface area (Å²) in [5, 5.41) is 4.23. The van der Waals surface area contributed by atoms with Gasteiger partial charge in [-0.1, -0.05) is 26.7 Å². The molecule has 0 aliphatic carbocycles. The predicted octanol–water partition coefficient (Wildman–Crippen LogP) is 2.55. The molecule has 3 nitrogen and oxygen atoms in total. The van der Waals surface area contributed by atoms with Gasteiger partial charge < -0.3 is 5.73 Å². The third-order valence-corrected chi connectivity index (χ3v) is 3.41. The molecule has 1 heterocycles. The minimum Gasteiger partial charge on any atom is -0.324 e. The summed E-state index contributed by atoms with van der Waals surface area (Å²) in [7, 11) is 1.96. The van der Waals surface area contributed by atoms with E-state index in [-0.39, 0.29) is 6.04 Å². The molecule has 1 rings (SSSR count). The van der Waals surface area contributed by atoms with Gasteiger partial charge in [0.2, 0.25) is 0 Å². The molecule has 0 aromatic carbocycles. The number of hydrogen-bond acceptors (Lipinski definition) is 2. The first-order valence-corrected chi connectivity index (χ1v) is 5.84. The second-order valence-electron chi connectivity index (χ2n) is 4.33. The SMILES string of the molecule is CCC(CC)CC(N)c1cnn(C)c1C. The normalized spacial score (nSPS) is 13.5. The number of nitrogens with zero attached hydrogens (tertiary/aromatic N) is 2. The number of hydrogen-bond donors (Lipinski definition) is 1. The van der Waals surface area contributed by atoms with E-state index in [0.717, 1.165) is 12.3 Å². The van der Waals surface area contributed by atoms with Crippen molar-refractivity contribution >= 4 is 0 Å². The maximum atomic E-state index is 6.21. The third-order valence-electron chi connectivity index (χ3n) is 3.41. The van der Waals surface area contributed by atoms with Gasteiger partial charge in [0.1, 0.15) is 0 Å². The first-order chi connectivity index (χ1) is 7.10. The molecule has 15 heavy (non-hydrogen) atoms. The third kappa shape index (κ3) is 2.81. The smallest absolute Gasteiger partial charge is 0.0540 e. The molecule has 0 aliphatic rings. The molecule has 1 atom stereocenters. The minimum atomic E-state index is 0.142. The zero-order chi connectivity index (χ0) is 11.4. The Morgan fingerprint density at radius 1 is 1.40 bits per heavy atom. The van der Waals surface area contributed by atoms with E-state index in [1.54, 1.807) is 0 Å². The Morgan fingerprint density at radius 3 is 2.40 bits per heavy atom. The summed E-state index contributed by atoms with van der Waals surface area (Å²) < 4.78 is 1.89. The summed E-state index contributed by atoms with van der Waals surface area (Å²) in [5.41, 5.74) is 8.59. The molecule has 1 aromatic heterocycles. The van der Waals surface area contributed by atoms with Gasteiger partial charge in [0.25, 0.3) is 0 Å². The Hall–Kier alpha value is -0.830. The molecule has 1 aromatic rings. The highest BCUT2D eigenvalue weighted by Crippen LogP contribution is 2.24. The second-order valence-corrected chi connectivity index (χ2v) is 4.33. The van der Waals surface area contributed by atoms with Gasteiger partial charge in [-0.05, 0) is 19.3 Å². The van der Waals surface area contributed by atoms with Crippen LogP contribution in [0, 0.1) is 12.8 Å². The van der Waals surface area contributed by atoms with Gasteiger partial charge in [0, 0.05) is 24.3 Å². The van der Waals surface area contributed by atoms with E-state index in [0.29, 0.717) is 0 Å². The zero-order valence-corrected chi connectivity index (χ0v) is 10.3. The summed E-state index contributed by atoms with van der Waals surface area (Å²) in [6.45, 7) is 6.54. The van der Waals surface area contributed by atoms with Gasteiger partial charge in [-0.3, -0.25) is 4.68 Å². The van der Waals surface area contributed by atoms with Crippen LogP contribution in [-0.2, 0) is 7.05 Å². The van der Waals surface area contributed by atoms with Crippen LogP contribution in [-0.4, -0.2) is 9.78 Å². The maximum Gasteiger partial charge on any atom is 0.0540 e. The Bertz CT molecular complexity index is 300. The van der Waals surface area contributed by atoms with Crippen molar-refractivity contribution < 1.29 is 0 Å². The molecule has 0 spiro atoms. The van der Waals surface area contributed by atoms with Gasteiger partial charge >= 0.3 is 0 Å². The first kappa shape index (κ1) is 12.2. The Kier molecular flexibility index (Phi) is 4.33. The lowest BCUT2D eigenvalue weighted by Crippen LogP contribution is -2.15. The average molecular weight is 209 g/mol. The quantitative estimate of drug-likeness (QED) is 0.810. The molecular weight excluding hydrogens is 186 g/mol. The monoisotopic (exact) mass is 209 g/mol. The zero-order valence-electron chi connectivity index (χ0n) is 10.3. The van der Waals surface area contributed by atoms with Gasteiger partial charge in [-0.25, -0.2) is 0 Å². The van der Waals surface area contributed by atoms with Gasteiger partial charge in [-0.15, -0.1) is 0 Å². The van der Waals surface area contributed by atoms with Crippen molar-refractivity contribution in [3.8, 4) is 0 Å². The number of nitrogens with two attached hydrogens (primary N) is 1. The van der Waals surface area contributed by atoms with Gasteiger partial charge in [0.05, 0.1) is 6.20 Å². The number of aryl methyl sites for hydroxylation is 1. The van der Waals surface area contributed by atoms with E-state index < -0.39 is 0 Å². The van der Waals surface area contributed by atoms with Crippen molar-refractivity contribution in [1.82, 2.24) is 9.78 Å². The van der Waals surface area contributed by atoms with Gasteiger partial charge in [0.15, 0.2) is 0 Å². The lowest BCUT2D eigenvalue weighted by Gasteiger charge is -2.18. The molecule has 0 amide bonds. The molecular formula is C12H23N3. The highest BCUT2D eigenvalue weighted by molar-refractivity contribution is 5.19. The summed E-state index contributed by atoms with van der Waals surface area (Å²) in [6.07, 6.45) is 5.40.